The van der Waals surface area contributed by atoms with Crippen LogP contribution in [0.25, 0.3) is 0 Å². The molecule has 2 rings (SSSR count). The first-order valence-corrected chi connectivity index (χ1v) is 6.98. The summed E-state index contributed by atoms with van der Waals surface area (Å²) in [7, 11) is 0. The topological polar surface area (TPSA) is 9.23 Å². The number of aryl methyl sites for hydroxylation is 1. The molecule has 0 fully saturated rings. The van der Waals surface area contributed by atoms with Gasteiger partial charge in [-0.3, -0.25) is 0 Å². The standard InChI is InChI=1S/C18H22O/c1-4-14(2)16-9-11-18(12-10-16)19-13-17-8-6-5-7-15(17)3/h5-12,14H,4,13H2,1-3H3. The van der Waals surface area contributed by atoms with E-state index in [0.717, 1.165) is 5.75 Å². The van der Waals surface area contributed by atoms with Crippen molar-refractivity contribution in [2.24, 2.45) is 0 Å². The van der Waals surface area contributed by atoms with Crippen molar-refractivity contribution in [1.82, 2.24) is 0 Å². The molecule has 0 aromatic heterocycles. The molecule has 0 aliphatic carbocycles. The van der Waals surface area contributed by atoms with E-state index >= 15 is 0 Å². The molecule has 0 spiro atoms. The van der Waals surface area contributed by atoms with Crippen molar-refractivity contribution >= 4 is 0 Å². The molecular weight excluding hydrogens is 232 g/mol. The van der Waals surface area contributed by atoms with Gasteiger partial charge in [-0.15, -0.1) is 0 Å². The summed E-state index contributed by atoms with van der Waals surface area (Å²) in [5.41, 5.74) is 3.90. The second-order valence-corrected chi connectivity index (χ2v) is 5.09. The zero-order valence-electron chi connectivity index (χ0n) is 12.0. The summed E-state index contributed by atoms with van der Waals surface area (Å²) in [6, 6.07) is 16.8. The predicted molar refractivity (Wildman–Crippen MR) is 80.7 cm³/mol. The molecule has 0 saturated carbocycles. The average molecular weight is 254 g/mol. The van der Waals surface area contributed by atoms with Crippen LogP contribution >= 0.6 is 0 Å². The monoisotopic (exact) mass is 254 g/mol. The van der Waals surface area contributed by atoms with E-state index in [1.807, 2.05) is 0 Å². The molecule has 1 unspecified atom stereocenters. The van der Waals surface area contributed by atoms with E-state index in [0.29, 0.717) is 12.5 Å². The van der Waals surface area contributed by atoms with Gasteiger partial charge in [0.05, 0.1) is 0 Å². The van der Waals surface area contributed by atoms with Crippen LogP contribution in [0.3, 0.4) is 0 Å². The lowest BCUT2D eigenvalue weighted by molar-refractivity contribution is 0.305. The van der Waals surface area contributed by atoms with Gasteiger partial charge in [-0.1, -0.05) is 50.2 Å². The first-order chi connectivity index (χ1) is 9.20. The molecule has 0 saturated heterocycles. The third-order valence-electron chi connectivity index (χ3n) is 3.72. The molecule has 100 valence electrons. The van der Waals surface area contributed by atoms with Gasteiger partial charge in [0.2, 0.25) is 0 Å². The molecule has 0 amide bonds. The number of hydrogen-bond acceptors (Lipinski definition) is 1. The smallest absolute Gasteiger partial charge is 0.119 e. The number of ether oxygens (including phenoxy) is 1. The first kappa shape index (κ1) is 13.7. The van der Waals surface area contributed by atoms with Crippen molar-refractivity contribution < 1.29 is 4.74 Å². The van der Waals surface area contributed by atoms with Gasteiger partial charge in [0.25, 0.3) is 0 Å². The fourth-order valence-electron chi connectivity index (χ4n) is 2.06. The molecule has 0 bridgehead atoms. The van der Waals surface area contributed by atoms with Crippen molar-refractivity contribution in [3.63, 3.8) is 0 Å². The fourth-order valence-corrected chi connectivity index (χ4v) is 2.06. The SMILES string of the molecule is CCC(C)c1ccc(OCc2ccccc2C)cc1. The Balaban J connectivity index is 1.99. The third-order valence-corrected chi connectivity index (χ3v) is 3.72. The lowest BCUT2D eigenvalue weighted by Crippen LogP contribution is -1.98. The van der Waals surface area contributed by atoms with E-state index < -0.39 is 0 Å². The van der Waals surface area contributed by atoms with Crippen molar-refractivity contribution in [3.05, 3.63) is 65.2 Å². The summed E-state index contributed by atoms with van der Waals surface area (Å²) in [6.45, 7) is 7.22. The van der Waals surface area contributed by atoms with Crippen LogP contribution in [0.15, 0.2) is 48.5 Å². The van der Waals surface area contributed by atoms with E-state index in [2.05, 4.69) is 69.3 Å². The van der Waals surface area contributed by atoms with Gasteiger partial charge in [-0.2, -0.15) is 0 Å². The molecule has 1 atom stereocenters. The van der Waals surface area contributed by atoms with Gasteiger partial charge in [0, 0.05) is 0 Å². The Morgan fingerprint density at radius 3 is 2.32 bits per heavy atom. The Hall–Kier alpha value is -1.76. The molecule has 0 aliphatic rings. The summed E-state index contributed by atoms with van der Waals surface area (Å²) in [5, 5.41) is 0. The maximum absolute atomic E-state index is 5.84. The van der Waals surface area contributed by atoms with E-state index in [1.54, 1.807) is 0 Å². The molecule has 2 aromatic carbocycles. The fraction of sp³-hybridized carbons (Fsp3) is 0.333. The predicted octanol–water partition coefficient (Wildman–Crippen LogP) is 5.09. The maximum Gasteiger partial charge on any atom is 0.119 e. The highest BCUT2D eigenvalue weighted by Crippen LogP contribution is 2.22. The minimum atomic E-state index is 0.616. The van der Waals surface area contributed by atoms with Gasteiger partial charge in [0.15, 0.2) is 0 Å². The van der Waals surface area contributed by atoms with E-state index in [1.165, 1.54) is 23.1 Å². The lowest BCUT2D eigenvalue weighted by Gasteiger charge is -2.11. The highest BCUT2D eigenvalue weighted by molar-refractivity contribution is 5.30. The molecule has 0 aliphatic heterocycles. The average Bonchev–Trinajstić information content (AvgIpc) is 2.46. The third kappa shape index (κ3) is 3.60. The molecule has 1 nitrogen and oxygen atoms in total. The molecule has 0 radical (unpaired) electrons. The zero-order chi connectivity index (χ0) is 13.7. The van der Waals surface area contributed by atoms with E-state index in [-0.39, 0.29) is 0 Å². The Labute approximate surface area is 116 Å². The van der Waals surface area contributed by atoms with Gasteiger partial charge >= 0.3 is 0 Å². The van der Waals surface area contributed by atoms with Crippen LogP contribution in [0, 0.1) is 6.92 Å². The second kappa shape index (κ2) is 6.42. The summed E-state index contributed by atoms with van der Waals surface area (Å²) < 4.78 is 5.84. The minimum absolute atomic E-state index is 0.616. The number of hydrogen-bond donors (Lipinski definition) is 0. The highest BCUT2D eigenvalue weighted by atomic mass is 16.5. The second-order valence-electron chi connectivity index (χ2n) is 5.09. The Kier molecular flexibility index (Phi) is 4.62. The normalized spacial score (nSPS) is 12.2. The lowest BCUT2D eigenvalue weighted by atomic mass is 9.99. The zero-order valence-corrected chi connectivity index (χ0v) is 12.0. The molecule has 1 heteroatoms. The van der Waals surface area contributed by atoms with Gasteiger partial charge in [0.1, 0.15) is 12.4 Å². The van der Waals surface area contributed by atoms with Gasteiger partial charge in [-0.05, 0) is 48.1 Å². The Bertz CT molecular complexity index is 513. The van der Waals surface area contributed by atoms with Crippen LogP contribution in [0.2, 0.25) is 0 Å². The van der Waals surface area contributed by atoms with Gasteiger partial charge in [-0.25, -0.2) is 0 Å². The van der Waals surface area contributed by atoms with Crippen LogP contribution in [-0.2, 0) is 6.61 Å². The first-order valence-electron chi connectivity index (χ1n) is 6.98. The van der Waals surface area contributed by atoms with Crippen molar-refractivity contribution in [1.29, 1.82) is 0 Å². The van der Waals surface area contributed by atoms with Crippen molar-refractivity contribution in [2.75, 3.05) is 0 Å². The van der Waals surface area contributed by atoms with Gasteiger partial charge < -0.3 is 4.74 Å². The summed E-state index contributed by atoms with van der Waals surface area (Å²) >= 11 is 0. The van der Waals surface area contributed by atoms with Crippen LogP contribution < -0.4 is 4.74 Å². The quantitative estimate of drug-likeness (QED) is 0.722. The number of rotatable bonds is 5. The largest absolute Gasteiger partial charge is 0.489 e. The Morgan fingerprint density at radius 1 is 1.00 bits per heavy atom. The van der Waals surface area contributed by atoms with Crippen molar-refractivity contribution in [2.45, 2.75) is 39.7 Å². The minimum Gasteiger partial charge on any atom is -0.489 e. The van der Waals surface area contributed by atoms with Crippen LogP contribution in [0.4, 0.5) is 0 Å². The van der Waals surface area contributed by atoms with Crippen LogP contribution in [0.1, 0.15) is 42.9 Å². The summed E-state index contributed by atoms with van der Waals surface area (Å²) in [4.78, 5) is 0. The highest BCUT2D eigenvalue weighted by Gasteiger charge is 2.03. The molecule has 0 N–H and O–H groups in total. The van der Waals surface area contributed by atoms with E-state index in [9.17, 15) is 0 Å². The van der Waals surface area contributed by atoms with E-state index in [4.69, 9.17) is 4.74 Å². The Morgan fingerprint density at radius 2 is 1.68 bits per heavy atom. The number of benzene rings is 2. The molecule has 2 aromatic rings. The molecular formula is C18H22O. The summed E-state index contributed by atoms with van der Waals surface area (Å²) in [5.74, 6) is 1.56. The van der Waals surface area contributed by atoms with Crippen LogP contribution in [-0.4, -0.2) is 0 Å². The van der Waals surface area contributed by atoms with Crippen LogP contribution in [0.5, 0.6) is 5.75 Å². The summed E-state index contributed by atoms with van der Waals surface area (Å²) in [6.07, 6.45) is 1.17. The maximum atomic E-state index is 5.84. The molecule has 19 heavy (non-hydrogen) atoms. The molecule has 0 heterocycles. The van der Waals surface area contributed by atoms with Crippen molar-refractivity contribution in [3.8, 4) is 5.75 Å².